The van der Waals surface area contributed by atoms with Gasteiger partial charge in [0.15, 0.2) is 17.5 Å². The molecule has 0 amide bonds. The average Bonchev–Trinajstić information content (AvgIpc) is 3.73. The van der Waals surface area contributed by atoms with E-state index in [-0.39, 0.29) is 0 Å². The van der Waals surface area contributed by atoms with E-state index in [1.165, 1.54) is 20.2 Å². The fraction of sp³-hybridized carbons (Fsp3) is 0. The highest BCUT2D eigenvalue weighted by Gasteiger charge is 2.16. The van der Waals surface area contributed by atoms with E-state index >= 15 is 0 Å². The van der Waals surface area contributed by atoms with Gasteiger partial charge < -0.3 is 4.42 Å². The summed E-state index contributed by atoms with van der Waals surface area (Å²) in [5.74, 6) is 1.96. The molecule has 3 aromatic heterocycles. The highest BCUT2D eigenvalue weighted by atomic mass is 32.1. The zero-order chi connectivity index (χ0) is 31.6. The Morgan fingerprint density at radius 2 is 1.00 bits per heavy atom. The predicted molar refractivity (Wildman–Crippen MR) is 199 cm³/mol. The Morgan fingerprint density at radius 3 is 1.83 bits per heavy atom. The summed E-state index contributed by atoms with van der Waals surface area (Å²) < 4.78 is 8.70. The number of fused-ring (bicyclic) bond motifs is 7. The van der Waals surface area contributed by atoms with Crippen LogP contribution < -0.4 is 0 Å². The van der Waals surface area contributed by atoms with Crippen LogP contribution in [0, 0.1) is 0 Å². The third kappa shape index (κ3) is 4.40. The summed E-state index contributed by atoms with van der Waals surface area (Å²) in [4.78, 5) is 15.1. The van der Waals surface area contributed by atoms with E-state index < -0.39 is 0 Å². The first-order valence-electron chi connectivity index (χ1n) is 15.9. The first-order valence-corrected chi connectivity index (χ1v) is 16.7. The minimum Gasteiger partial charge on any atom is -0.456 e. The molecule has 0 saturated carbocycles. The second-order valence-electron chi connectivity index (χ2n) is 12.0. The Hall–Kier alpha value is -6.17. The van der Waals surface area contributed by atoms with E-state index in [1.807, 2.05) is 59.9 Å². The SMILES string of the molecule is c1ccc(-c2nc(-c3ccc4cc(-c5cccc6oc7ccccc7c56)ccc4c3)nc(-c3ccc4sc5ccccc5c4c3)n2)cc1. The summed E-state index contributed by atoms with van der Waals surface area (Å²) in [7, 11) is 0. The van der Waals surface area contributed by atoms with Crippen LogP contribution in [0.15, 0.2) is 156 Å². The Labute approximate surface area is 279 Å². The number of aromatic nitrogens is 3. The van der Waals surface area contributed by atoms with Crippen molar-refractivity contribution in [1.82, 2.24) is 15.0 Å². The van der Waals surface area contributed by atoms with Gasteiger partial charge in [-0.15, -0.1) is 11.3 Å². The van der Waals surface area contributed by atoms with Gasteiger partial charge in [-0.1, -0.05) is 103 Å². The quantitative estimate of drug-likeness (QED) is 0.194. The molecule has 3 heterocycles. The molecule has 0 fully saturated rings. The van der Waals surface area contributed by atoms with Crippen LogP contribution in [-0.4, -0.2) is 15.0 Å². The van der Waals surface area contributed by atoms with Crippen molar-refractivity contribution in [3.05, 3.63) is 152 Å². The summed E-state index contributed by atoms with van der Waals surface area (Å²) >= 11 is 1.81. The predicted octanol–water partition coefficient (Wildman–Crippen LogP) is 12.0. The molecule has 0 aliphatic rings. The van der Waals surface area contributed by atoms with Crippen LogP contribution >= 0.6 is 11.3 Å². The van der Waals surface area contributed by atoms with E-state index in [4.69, 9.17) is 19.4 Å². The van der Waals surface area contributed by atoms with Crippen LogP contribution in [0.5, 0.6) is 0 Å². The molecule has 0 aliphatic heterocycles. The molecule has 4 nitrogen and oxygen atoms in total. The second-order valence-corrected chi connectivity index (χ2v) is 13.1. The second kappa shape index (κ2) is 10.7. The normalized spacial score (nSPS) is 11.8. The lowest BCUT2D eigenvalue weighted by atomic mass is 9.96. The first kappa shape index (κ1) is 27.0. The summed E-state index contributed by atoms with van der Waals surface area (Å²) in [6, 6.07) is 52.8. The number of furan rings is 1. The topological polar surface area (TPSA) is 51.8 Å². The van der Waals surface area contributed by atoms with Crippen LogP contribution in [-0.2, 0) is 0 Å². The summed E-state index contributed by atoms with van der Waals surface area (Å²) in [6.07, 6.45) is 0. The Kier molecular flexibility index (Phi) is 6.01. The molecule has 0 saturated heterocycles. The fourth-order valence-corrected chi connectivity index (χ4v) is 7.87. The van der Waals surface area contributed by atoms with Crippen molar-refractivity contribution in [3.8, 4) is 45.3 Å². The molecule has 0 spiro atoms. The molecule has 0 radical (unpaired) electrons. The number of benzene rings is 7. The molecule has 7 aromatic carbocycles. The smallest absolute Gasteiger partial charge is 0.164 e. The van der Waals surface area contributed by atoms with Gasteiger partial charge in [-0.3, -0.25) is 0 Å². The number of thiophene rings is 1. The molecule has 224 valence electrons. The molecule has 5 heteroatoms. The third-order valence-corrected chi connectivity index (χ3v) is 10.3. The number of para-hydroxylation sites is 1. The lowest BCUT2D eigenvalue weighted by Gasteiger charge is -2.10. The van der Waals surface area contributed by atoms with Crippen molar-refractivity contribution in [2.45, 2.75) is 0 Å². The highest BCUT2D eigenvalue weighted by molar-refractivity contribution is 7.25. The van der Waals surface area contributed by atoms with Gasteiger partial charge in [-0.25, -0.2) is 15.0 Å². The molecule has 0 N–H and O–H groups in total. The van der Waals surface area contributed by atoms with Gasteiger partial charge in [0, 0.05) is 47.6 Å². The molecule has 10 aromatic rings. The van der Waals surface area contributed by atoms with Gasteiger partial charge >= 0.3 is 0 Å². The summed E-state index contributed by atoms with van der Waals surface area (Å²) in [6.45, 7) is 0. The van der Waals surface area contributed by atoms with Gasteiger partial charge in [-0.05, 0) is 70.4 Å². The zero-order valence-electron chi connectivity index (χ0n) is 25.6. The van der Waals surface area contributed by atoms with Crippen molar-refractivity contribution >= 4 is 64.2 Å². The molecule has 0 unspecified atom stereocenters. The number of nitrogens with zero attached hydrogens (tertiary/aromatic N) is 3. The van der Waals surface area contributed by atoms with E-state index in [0.29, 0.717) is 17.5 Å². The van der Waals surface area contributed by atoms with Crippen LogP contribution in [0.2, 0.25) is 0 Å². The van der Waals surface area contributed by atoms with Crippen molar-refractivity contribution in [2.75, 3.05) is 0 Å². The molecule has 48 heavy (non-hydrogen) atoms. The first-order chi connectivity index (χ1) is 23.7. The molecule has 0 bridgehead atoms. The average molecular weight is 632 g/mol. The van der Waals surface area contributed by atoms with E-state index in [0.717, 1.165) is 60.5 Å². The molecule has 10 rings (SSSR count). The lowest BCUT2D eigenvalue weighted by Crippen LogP contribution is -2.00. The van der Waals surface area contributed by atoms with Crippen molar-refractivity contribution in [2.24, 2.45) is 0 Å². The maximum atomic E-state index is 6.17. The van der Waals surface area contributed by atoms with Gasteiger partial charge in [0.25, 0.3) is 0 Å². The Bertz CT molecular complexity index is 2850. The zero-order valence-corrected chi connectivity index (χ0v) is 26.4. The fourth-order valence-electron chi connectivity index (χ4n) is 6.78. The number of hydrogen-bond acceptors (Lipinski definition) is 5. The van der Waals surface area contributed by atoms with E-state index in [1.54, 1.807) is 0 Å². The minimum atomic E-state index is 0.648. The highest BCUT2D eigenvalue weighted by Crippen LogP contribution is 2.39. The lowest BCUT2D eigenvalue weighted by molar-refractivity contribution is 0.669. The Morgan fingerprint density at radius 1 is 0.396 bits per heavy atom. The molecular weight excluding hydrogens is 607 g/mol. The van der Waals surface area contributed by atoms with Gasteiger partial charge in [0.05, 0.1) is 0 Å². The molecule has 0 aliphatic carbocycles. The van der Waals surface area contributed by atoms with Crippen LogP contribution in [0.1, 0.15) is 0 Å². The van der Waals surface area contributed by atoms with Crippen LogP contribution in [0.25, 0.3) is 98.2 Å². The van der Waals surface area contributed by atoms with Gasteiger partial charge in [0.2, 0.25) is 0 Å². The maximum Gasteiger partial charge on any atom is 0.164 e. The third-order valence-electron chi connectivity index (χ3n) is 9.11. The molecule has 0 atom stereocenters. The molecular formula is C43H25N3OS. The number of hydrogen-bond donors (Lipinski definition) is 0. The van der Waals surface area contributed by atoms with E-state index in [2.05, 4.69) is 103 Å². The van der Waals surface area contributed by atoms with Gasteiger partial charge in [-0.2, -0.15) is 0 Å². The summed E-state index contributed by atoms with van der Waals surface area (Å²) in [5, 5.41) is 7.01. The summed E-state index contributed by atoms with van der Waals surface area (Å²) in [5.41, 5.74) is 6.98. The van der Waals surface area contributed by atoms with Crippen LogP contribution in [0.4, 0.5) is 0 Å². The van der Waals surface area contributed by atoms with E-state index in [9.17, 15) is 0 Å². The van der Waals surface area contributed by atoms with Crippen molar-refractivity contribution in [1.29, 1.82) is 0 Å². The van der Waals surface area contributed by atoms with Crippen LogP contribution in [0.3, 0.4) is 0 Å². The van der Waals surface area contributed by atoms with Crippen molar-refractivity contribution in [3.63, 3.8) is 0 Å². The standard InChI is InChI=1S/C43H25N3OS/c1-2-9-26(10-3-1)41-44-42(46-43(45-41)31-21-22-39-35(25-31)33-11-5-7-16-38(33)48-39)30-20-18-27-23-29(19-17-28(27)24-30)32-13-8-15-37-40(32)34-12-4-6-14-36(34)47-37/h1-25H. The van der Waals surface area contributed by atoms with Gasteiger partial charge in [0.1, 0.15) is 11.2 Å². The van der Waals surface area contributed by atoms with Crippen molar-refractivity contribution < 1.29 is 4.42 Å². The monoisotopic (exact) mass is 631 g/mol. The maximum absolute atomic E-state index is 6.17. The Balaban J connectivity index is 1.10. The number of rotatable bonds is 4. The largest absolute Gasteiger partial charge is 0.456 e. The minimum absolute atomic E-state index is 0.648.